The van der Waals surface area contributed by atoms with Crippen LogP contribution in [0.3, 0.4) is 0 Å². The van der Waals surface area contributed by atoms with E-state index in [-0.39, 0.29) is 72.6 Å². The first-order chi connectivity index (χ1) is 22.9. The van der Waals surface area contributed by atoms with Gasteiger partial charge in [0.25, 0.3) is 16.8 Å². The van der Waals surface area contributed by atoms with E-state index < -0.39 is 28.5 Å². The van der Waals surface area contributed by atoms with E-state index in [0.29, 0.717) is 17.1 Å². The van der Waals surface area contributed by atoms with Crippen molar-refractivity contribution in [1.82, 2.24) is 29.8 Å². The van der Waals surface area contributed by atoms with Gasteiger partial charge in [-0.05, 0) is 47.7 Å². The molecule has 260 valence electrons. The number of aromatic nitrogens is 5. The smallest absolute Gasteiger partial charge is 0.439 e. The maximum absolute atomic E-state index is 12.6. The molecule has 3 heterocycles. The van der Waals surface area contributed by atoms with E-state index in [0.717, 1.165) is 28.9 Å². The monoisotopic (exact) mass is 705 g/mol. The predicted octanol–water partition coefficient (Wildman–Crippen LogP) is 1.48. The van der Waals surface area contributed by atoms with Crippen LogP contribution < -0.4 is 50.2 Å². The number of nitrogens with one attached hydrogen (secondary N) is 3. The first-order valence-corrected chi connectivity index (χ1v) is 14.3. The van der Waals surface area contributed by atoms with Gasteiger partial charge in [-0.2, -0.15) is 4.98 Å². The van der Waals surface area contributed by atoms with E-state index in [4.69, 9.17) is 22.9 Å². The Labute approximate surface area is 287 Å². The van der Waals surface area contributed by atoms with E-state index in [9.17, 15) is 29.1 Å². The van der Waals surface area contributed by atoms with Gasteiger partial charge in [0, 0.05) is 29.9 Å². The Balaban J connectivity index is 0.000000262. The minimum atomic E-state index is -1.34. The Hall–Kier alpha value is -6.53. The highest BCUT2D eigenvalue weighted by Gasteiger charge is 2.22. The Kier molecular flexibility index (Phi) is 10.4. The van der Waals surface area contributed by atoms with Crippen molar-refractivity contribution in [2.75, 3.05) is 22.5 Å². The number of carbonyl (C=O) groups is 2. The number of rotatable bonds is 7. The van der Waals surface area contributed by atoms with Crippen LogP contribution in [0.25, 0.3) is 17.0 Å². The normalized spacial score (nSPS) is 13.0. The number of fused-ring (bicyclic) bond motifs is 2. The number of hydrogen-bond acceptors (Lipinski definition) is 14. The fraction of sp³-hybridized carbons (Fsp3) is 0.161. The number of imidazole rings is 1. The van der Waals surface area contributed by atoms with E-state index in [2.05, 4.69) is 35.3 Å². The Bertz CT molecular complexity index is 2370. The minimum Gasteiger partial charge on any atom is -0.477 e. The summed E-state index contributed by atoms with van der Waals surface area (Å²) in [6, 6.07) is 13.8. The molecule has 1 atom stereocenters. The molecule has 0 saturated heterocycles. The zero-order chi connectivity index (χ0) is 34.3. The largest absolute Gasteiger partial charge is 0.477 e. The van der Waals surface area contributed by atoms with Gasteiger partial charge in [-0.25, -0.2) is 14.6 Å². The molecule has 0 aliphatic heterocycles. The zero-order valence-corrected chi connectivity index (χ0v) is 26.0. The summed E-state index contributed by atoms with van der Waals surface area (Å²) >= 11 is 0. The molecule has 6 aromatic rings. The molecule has 3 aromatic carbocycles. The average molecular weight is 706 g/mol. The lowest BCUT2D eigenvalue weighted by Gasteiger charge is -2.12. The minimum absolute atomic E-state index is 0. The van der Waals surface area contributed by atoms with Crippen molar-refractivity contribution in [1.29, 1.82) is 0 Å². The van der Waals surface area contributed by atoms with Crippen LogP contribution >= 0.6 is 12.4 Å². The lowest BCUT2D eigenvalue weighted by atomic mass is 10.0. The second kappa shape index (κ2) is 14.3. The van der Waals surface area contributed by atoms with Gasteiger partial charge in [-0.15, -0.1) is 12.4 Å². The number of aromatic amines is 1. The van der Waals surface area contributed by atoms with Crippen molar-refractivity contribution in [3.63, 3.8) is 0 Å². The summed E-state index contributed by atoms with van der Waals surface area (Å²) in [5.41, 5.74) is 25.2. The number of nitrogen functional groups attached to an aromatic ring is 3. The van der Waals surface area contributed by atoms with Crippen LogP contribution in [0.2, 0.25) is 0 Å². The second-order valence-electron chi connectivity index (χ2n) is 10.8. The highest BCUT2D eigenvalue weighted by molar-refractivity contribution is 5.97. The van der Waals surface area contributed by atoms with Crippen molar-refractivity contribution in [3.05, 3.63) is 108 Å². The average Bonchev–Trinajstić information content (AvgIpc) is 3.77. The standard InChI is InChI=1S/C19H16N8O5.C11H11N3O2.CH4.ClH/c20-11-12(14(29)13(11)28)24-8-3-1-2-7(4-8)6-23-17(30)9-5-10(18(31)32)27-16(25-9)15(21)26-19(27)22;12-9-4-2-6-5-7(1-3-8(6)9)10-13-11(15)16-14-10;;/h1-5,24H,6,20-21H2,(H2,22,26)(H,23,30)(H,31,32);1,3,5,9H,2,4,12H2,(H,13,14,15);1H4;1H/t;9-;;/m.0../s1. The van der Waals surface area contributed by atoms with E-state index >= 15 is 0 Å². The van der Waals surface area contributed by atoms with Crippen molar-refractivity contribution >= 4 is 58.8 Å². The number of carboxylic acid groups (broad SMARTS) is 1. The molecule has 19 heteroatoms. The van der Waals surface area contributed by atoms with Crippen molar-refractivity contribution in [2.45, 2.75) is 32.9 Å². The molecule has 0 spiro atoms. The SMILES string of the molecule is C.Cl.N[C@H]1CCc2cc(-c3noc(=O)[nH]3)ccc21.Nc1c(Nc2cccc(CNC(=O)c3cc(C(=O)O)n4c(N)nc(N)c4n3)c2)c(=O)c1=O. The van der Waals surface area contributed by atoms with Crippen LogP contribution in [0, 0.1) is 0 Å². The molecule has 0 saturated carbocycles. The van der Waals surface area contributed by atoms with E-state index in [1.807, 2.05) is 18.2 Å². The zero-order valence-electron chi connectivity index (χ0n) is 25.2. The van der Waals surface area contributed by atoms with Gasteiger partial charge in [-0.1, -0.05) is 36.8 Å². The maximum atomic E-state index is 12.6. The fourth-order valence-corrected chi connectivity index (χ4v) is 5.27. The van der Waals surface area contributed by atoms with Crippen LogP contribution in [-0.4, -0.2) is 41.5 Å². The first kappa shape index (κ1) is 36.3. The van der Waals surface area contributed by atoms with Crippen molar-refractivity contribution < 1.29 is 19.2 Å². The number of halogens is 1. The molecule has 1 aliphatic carbocycles. The third-order valence-corrected chi connectivity index (χ3v) is 7.67. The molecule has 1 amide bonds. The number of aryl methyl sites for hydroxylation is 1. The molecule has 50 heavy (non-hydrogen) atoms. The van der Waals surface area contributed by atoms with Gasteiger partial charge in [0.1, 0.15) is 22.8 Å². The Morgan fingerprint density at radius 1 is 1.04 bits per heavy atom. The molecule has 12 N–H and O–H groups in total. The number of amides is 1. The van der Waals surface area contributed by atoms with E-state index in [1.54, 1.807) is 24.3 Å². The second-order valence-corrected chi connectivity index (χ2v) is 10.8. The lowest BCUT2D eigenvalue weighted by molar-refractivity contribution is 0.0688. The Morgan fingerprint density at radius 3 is 2.48 bits per heavy atom. The van der Waals surface area contributed by atoms with E-state index in [1.165, 1.54) is 11.1 Å². The number of nitrogens with zero attached hydrogens (tertiary/aromatic N) is 4. The number of benzene rings is 2. The van der Waals surface area contributed by atoms with Crippen LogP contribution in [0.5, 0.6) is 0 Å². The number of aromatic carboxylic acids is 1. The quantitative estimate of drug-likeness (QED) is 0.109. The van der Waals surface area contributed by atoms with Gasteiger partial charge in [-0.3, -0.25) is 28.3 Å². The summed E-state index contributed by atoms with van der Waals surface area (Å²) in [6.45, 7) is 0.0574. The summed E-state index contributed by atoms with van der Waals surface area (Å²) in [5.74, 6) is -2.34. The number of hydrogen-bond donors (Lipinski definition) is 8. The number of carbonyl (C=O) groups excluding carboxylic acids is 1. The molecule has 0 radical (unpaired) electrons. The predicted molar refractivity (Wildman–Crippen MR) is 187 cm³/mol. The number of carboxylic acids is 1. The third kappa shape index (κ3) is 6.86. The van der Waals surface area contributed by atoms with Gasteiger partial charge >= 0.3 is 11.7 Å². The molecule has 3 aromatic heterocycles. The Morgan fingerprint density at radius 2 is 1.80 bits per heavy atom. The van der Waals surface area contributed by atoms with Crippen LogP contribution in [-0.2, 0) is 13.0 Å². The summed E-state index contributed by atoms with van der Waals surface area (Å²) in [7, 11) is 0. The molecule has 0 fully saturated rings. The summed E-state index contributed by atoms with van der Waals surface area (Å²) in [4.78, 5) is 68.2. The van der Waals surface area contributed by atoms with Crippen LogP contribution in [0.4, 0.5) is 28.8 Å². The van der Waals surface area contributed by atoms with Gasteiger partial charge in [0.15, 0.2) is 17.3 Å². The highest BCUT2D eigenvalue weighted by Crippen LogP contribution is 2.31. The number of H-pyrrole nitrogens is 1. The highest BCUT2D eigenvalue weighted by atomic mass is 35.5. The van der Waals surface area contributed by atoms with Gasteiger partial charge in [0.2, 0.25) is 5.95 Å². The summed E-state index contributed by atoms with van der Waals surface area (Å²) in [6.07, 6.45) is 1.96. The lowest BCUT2D eigenvalue weighted by Crippen LogP contribution is -2.36. The summed E-state index contributed by atoms with van der Waals surface area (Å²) in [5, 5.41) is 18.5. The van der Waals surface area contributed by atoms with Gasteiger partial charge < -0.3 is 38.7 Å². The van der Waals surface area contributed by atoms with Crippen molar-refractivity contribution in [2.24, 2.45) is 5.73 Å². The fourth-order valence-electron chi connectivity index (χ4n) is 5.27. The molecule has 0 bridgehead atoms. The molecule has 18 nitrogen and oxygen atoms in total. The molecule has 0 unspecified atom stereocenters. The third-order valence-electron chi connectivity index (χ3n) is 7.67. The molecule has 7 rings (SSSR count). The summed E-state index contributed by atoms with van der Waals surface area (Å²) < 4.78 is 5.51. The number of anilines is 5. The molecular weight excluding hydrogens is 674 g/mol. The van der Waals surface area contributed by atoms with Crippen LogP contribution in [0.15, 0.2) is 67.4 Å². The van der Waals surface area contributed by atoms with Crippen LogP contribution in [0.1, 0.15) is 57.6 Å². The molecular formula is C31H32ClN11O7. The van der Waals surface area contributed by atoms with Gasteiger partial charge in [0.05, 0.1) is 0 Å². The molecule has 1 aliphatic rings. The first-order valence-electron chi connectivity index (χ1n) is 14.3. The number of nitrogens with two attached hydrogens (primary N) is 4. The topological polar surface area (TPSA) is 306 Å². The maximum Gasteiger partial charge on any atom is 0.439 e. The van der Waals surface area contributed by atoms with Crippen molar-refractivity contribution in [3.8, 4) is 11.4 Å².